The van der Waals surface area contributed by atoms with Gasteiger partial charge >= 0.3 is 0 Å². The van der Waals surface area contributed by atoms with Crippen LogP contribution < -0.4 is 4.90 Å². The second-order valence-electron chi connectivity index (χ2n) is 10.5. The normalized spacial score (nSPS) is 19.4. The van der Waals surface area contributed by atoms with Crippen molar-refractivity contribution < 1.29 is 13.6 Å². The van der Waals surface area contributed by atoms with Crippen LogP contribution in [0.2, 0.25) is 0 Å². The van der Waals surface area contributed by atoms with E-state index in [1.807, 2.05) is 18.2 Å². The van der Waals surface area contributed by atoms with Gasteiger partial charge in [0, 0.05) is 42.8 Å². The predicted molar refractivity (Wildman–Crippen MR) is 154 cm³/mol. The number of likely N-dealkylation sites (tertiary alicyclic amines) is 1. The van der Waals surface area contributed by atoms with Crippen LogP contribution in [0, 0.1) is 18.8 Å². The summed E-state index contributed by atoms with van der Waals surface area (Å²) in [7, 11) is 0. The largest absolute Gasteiger partial charge is 0.370 e. The molecule has 2 aliphatic heterocycles. The van der Waals surface area contributed by atoms with Gasteiger partial charge in [-0.2, -0.15) is 0 Å². The van der Waals surface area contributed by atoms with Gasteiger partial charge in [0.2, 0.25) is 5.82 Å². The topological polar surface area (TPSA) is 80.0 Å². The zero-order valence-electron chi connectivity index (χ0n) is 22.4. The Labute approximate surface area is 240 Å². The van der Waals surface area contributed by atoms with Crippen molar-refractivity contribution in [2.45, 2.75) is 38.5 Å². The summed E-state index contributed by atoms with van der Waals surface area (Å²) in [6, 6.07) is 7.79. The number of allylic oxidation sites excluding steroid dienone is 1. The Hall–Kier alpha value is -3.47. The summed E-state index contributed by atoms with van der Waals surface area (Å²) < 4.78 is 31.0. The third kappa shape index (κ3) is 5.84. The number of anilines is 1. The number of nitrogens with zero attached hydrogens (tertiary/aromatic N) is 7. The molecule has 2 aliphatic rings. The number of benzene rings is 1. The van der Waals surface area contributed by atoms with Crippen LogP contribution in [-0.2, 0) is 0 Å². The minimum absolute atomic E-state index is 0.0516. The van der Waals surface area contributed by atoms with Crippen molar-refractivity contribution in [1.29, 1.82) is 0 Å². The minimum atomic E-state index is -2.89. The number of amides is 1. The Balaban J connectivity index is 1.39. The number of piperidine rings is 2. The van der Waals surface area contributed by atoms with Crippen LogP contribution in [0.25, 0.3) is 17.1 Å². The van der Waals surface area contributed by atoms with Gasteiger partial charge in [-0.25, -0.2) is 23.4 Å². The van der Waals surface area contributed by atoms with Crippen LogP contribution >= 0.6 is 15.9 Å². The third-order valence-corrected chi connectivity index (χ3v) is 8.18. The predicted octanol–water partition coefficient (Wildman–Crippen LogP) is 5.87. The third-order valence-electron chi connectivity index (χ3n) is 7.69. The summed E-state index contributed by atoms with van der Waals surface area (Å²) in [5, 5.41) is 8.73. The number of hydrogen-bond acceptors (Lipinski definition) is 6. The highest BCUT2D eigenvalue weighted by Crippen LogP contribution is 2.35. The van der Waals surface area contributed by atoms with Gasteiger partial charge in [-0.05, 0) is 56.4 Å². The summed E-state index contributed by atoms with van der Waals surface area (Å²) in [6.45, 7) is 10.8. The Morgan fingerprint density at radius 1 is 1.12 bits per heavy atom. The summed E-state index contributed by atoms with van der Waals surface area (Å²) in [5.74, 6) is -3.88. The second kappa shape index (κ2) is 11.6. The summed E-state index contributed by atoms with van der Waals surface area (Å²) >= 11 is 3.61. The zero-order valence-corrected chi connectivity index (χ0v) is 24.0. The van der Waals surface area contributed by atoms with Crippen LogP contribution in [0.5, 0.6) is 0 Å². The monoisotopic (exact) mass is 611 g/mol. The summed E-state index contributed by atoms with van der Waals surface area (Å²) in [5.41, 5.74) is 3.42. The molecule has 1 amide bonds. The lowest BCUT2D eigenvalue weighted by molar-refractivity contribution is -0.0817. The van der Waals surface area contributed by atoms with Crippen LogP contribution in [0.4, 0.5) is 14.5 Å². The van der Waals surface area contributed by atoms with E-state index in [4.69, 9.17) is 0 Å². The van der Waals surface area contributed by atoms with E-state index in [1.165, 1.54) is 11.0 Å². The molecule has 1 atom stereocenters. The minimum Gasteiger partial charge on any atom is -0.370 e. The molecule has 2 aromatic heterocycles. The molecule has 210 valence electrons. The lowest BCUT2D eigenvalue weighted by atomic mass is 9.93. The van der Waals surface area contributed by atoms with E-state index in [9.17, 15) is 13.6 Å². The Morgan fingerprint density at radius 2 is 1.90 bits per heavy atom. The van der Waals surface area contributed by atoms with Gasteiger partial charge in [-0.15, -0.1) is 18.3 Å². The molecule has 0 N–H and O–H groups in total. The smallest absolute Gasteiger partial charge is 0.291 e. The zero-order chi connectivity index (χ0) is 28.4. The fourth-order valence-corrected chi connectivity index (χ4v) is 5.74. The maximum absolute atomic E-state index is 14.2. The molecule has 40 heavy (non-hydrogen) atoms. The van der Waals surface area contributed by atoms with Gasteiger partial charge in [0.05, 0.1) is 29.2 Å². The molecular weight excluding hydrogens is 580 g/mol. The molecule has 0 aliphatic carbocycles. The average molecular weight is 613 g/mol. The van der Waals surface area contributed by atoms with Gasteiger partial charge in [-0.1, -0.05) is 33.3 Å². The van der Waals surface area contributed by atoms with Crippen molar-refractivity contribution >= 4 is 27.5 Å². The maximum Gasteiger partial charge on any atom is 0.291 e. The van der Waals surface area contributed by atoms with Gasteiger partial charge in [0.25, 0.3) is 11.8 Å². The van der Waals surface area contributed by atoms with Crippen molar-refractivity contribution in [3.05, 3.63) is 71.8 Å². The van der Waals surface area contributed by atoms with Gasteiger partial charge < -0.3 is 9.80 Å². The SMILES string of the molecule is C=CCC1CCN(c2cc(Br)ccc2-n2cc(-c3cc(C)nc(C(=O)N4CCC(F)(F)C(C=C)C4)n3)nn2)CC1. The van der Waals surface area contributed by atoms with Crippen molar-refractivity contribution in [1.82, 2.24) is 29.9 Å². The molecule has 0 spiro atoms. The van der Waals surface area contributed by atoms with E-state index < -0.39 is 24.2 Å². The Kier molecular flexibility index (Phi) is 8.11. The number of carbonyl (C=O) groups is 1. The van der Waals surface area contributed by atoms with E-state index in [-0.39, 0.29) is 18.9 Å². The molecule has 4 heterocycles. The molecule has 3 aromatic rings. The van der Waals surface area contributed by atoms with Crippen molar-refractivity contribution in [2.75, 3.05) is 31.1 Å². The highest BCUT2D eigenvalue weighted by molar-refractivity contribution is 9.10. The standard InChI is InChI=1S/C29H32BrF2N7O/c1-4-6-20-9-12-37(13-10-20)26-16-22(30)7-8-25(26)39-18-24(35-36-39)23-15-19(3)33-27(34-23)28(40)38-14-11-29(31,32)21(5-2)17-38/h4-5,7-8,15-16,18,20-21H,1-2,6,9-14,17H2,3H3. The van der Waals surface area contributed by atoms with Gasteiger partial charge in [-0.3, -0.25) is 4.79 Å². The molecule has 0 saturated carbocycles. The molecule has 0 bridgehead atoms. The number of aromatic nitrogens is 5. The molecule has 2 fully saturated rings. The lowest BCUT2D eigenvalue weighted by Gasteiger charge is -2.36. The quantitative estimate of drug-likeness (QED) is 0.311. The Bertz CT molecular complexity index is 1420. The first-order valence-electron chi connectivity index (χ1n) is 13.4. The van der Waals surface area contributed by atoms with Crippen LogP contribution in [0.1, 0.15) is 42.0 Å². The number of rotatable bonds is 7. The first kappa shape index (κ1) is 28.1. The Morgan fingerprint density at radius 3 is 2.62 bits per heavy atom. The average Bonchev–Trinajstić information content (AvgIpc) is 3.43. The fraction of sp³-hybridized carbons (Fsp3) is 0.414. The summed E-state index contributed by atoms with van der Waals surface area (Å²) in [6.07, 6.45) is 7.79. The van der Waals surface area contributed by atoms with Crippen molar-refractivity contribution in [3.63, 3.8) is 0 Å². The molecule has 11 heteroatoms. The molecule has 1 aromatic carbocycles. The molecule has 2 saturated heterocycles. The number of carbonyl (C=O) groups excluding carboxylic acids is 1. The molecule has 8 nitrogen and oxygen atoms in total. The number of halogens is 3. The van der Waals surface area contributed by atoms with E-state index in [1.54, 1.807) is 23.9 Å². The van der Waals surface area contributed by atoms with E-state index in [2.05, 4.69) is 60.3 Å². The number of aryl methyl sites for hydroxylation is 1. The number of hydrogen-bond donors (Lipinski definition) is 0. The number of alkyl halides is 2. The first-order chi connectivity index (χ1) is 19.2. The van der Waals surface area contributed by atoms with Crippen LogP contribution in [0.15, 0.2) is 60.2 Å². The van der Waals surface area contributed by atoms with Crippen molar-refractivity contribution in [2.24, 2.45) is 11.8 Å². The highest BCUT2D eigenvalue weighted by Gasteiger charge is 2.44. The first-order valence-corrected chi connectivity index (χ1v) is 14.2. The molecular formula is C29H32BrF2N7O. The molecule has 0 radical (unpaired) electrons. The van der Waals surface area contributed by atoms with E-state index in [0.29, 0.717) is 23.0 Å². The fourth-order valence-electron chi connectivity index (χ4n) is 5.39. The van der Waals surface area contributed by atoms with E-state index in [0.717, 1.165) is 48.2 Å². The lowest BCUT2D eigenvalue weighted by Crippen LogP contribution is -2.49. The van der Waals surface area contributed by atoms with Gasteiger partial charge in [0.15, 0.2) is 0 Å². The summed E-state index contributed by atoms with van der Waals surface area (Å²) in [4.78, 5) is 25.7. The molecule has 5 rings (SSSR count). The highest BCUT2D eigenvalue weighted by atomic mass is 79.9. The second-order valence-corrected chi connectivity index (χ2v) is 11.4. The molecule has 1 unspecified atom stereocenters. The van der Waals surface area contributed by atoms with Crippen molar-refractivity contribution in [3.8, 4) is 17.1 Å². The maximum atomic E-state index is 14.2. The van der Waals surface area contributed by atoms with Gasteiger partial charge in [0.1, 0.15) is 5.69 Å². The van der Waals surface area contributed by atoms with E-state index >= 15 is 0 Å². The van der Waals surface area contributed by atoms with Crippen LogP contribution in [0.3, 0.4) is 0 Å². The van der Waals surface area contributed by atoms with Crippen LogP contribution in [-0.4, -0.2) is 67.9 Å².